The van der Waals surface area contributed by atoms with Crippen LogP contribution in [0.1, 0.15) is 18.4 Å². The zero-order chi connectivity index (χ0) is 33.8. The second kappa shape index (κ2) is 14.0. The highest BCUT2D eigenvalue weighted by molar-refractivity contribution is 6.00. The van der Waals surface area contributed by atoms with Crippen LogP contribution >= 0.6 is 0 Å². The van der Waals surface area contributed by atoms with Crippen LogP contribution in [-0.2, 0) is 14.3 Å². The van der Waals surface area contributed by atoms with Gasteiger partial charge in [-0.3, -0.25) is 19.6 Å². The van der Waals surface area contributed by atoms with Crippen LogP contribution in [0, 0.1) is 5.41 Å². The smallest absolute Gasteiger partial charge is 0.237 e. The minimum absolute atomic E-state index is 0.0657. The van der Waals surface area contributed by atoms with Gasteiger partial charge in [0.2, 0.25) is 11.8 Å². The summed E-state index contributed by atoms with van der Waals surface area (Å²) in [6, 6.07) is 19.6. The predicted molar refractivity (Wildman–Crippen MR) is 190 cm³/mol. The fourth-order valence-corrected chi connectivity index (χ4v) is 6.76. The van der Waals surface area contributed by atoms with Gasteiger partial charge in [0.25, 0.3) is 0 Å². The molecule has 49 heavy (non-hydrogen) atoms. The molecule has 0 saturated carbocycles. The lowest BCUT2D eigenvalue weighted by molar-refractivity contribution is -0.133. The number of methoxy groups -OCH3 is 1. The van der Waals surface area contributed by atoms with Gasteiger partial charge < -0.3 is 20.3 Å². The maximum atomic E-state index is 13.9. The predicted octanol–water partition coefficient (Wildman–Crippen LogP) is 4.72. The van der Waals surface area contributed by atoms with E-state index in [9.17, 15) is 9.59 Å². The molecule has 7 rings (SSSR count). The van der Waals surface area contributed by atoms with Gasteiger partial charge in [0.05, 0.1) is 24.1 Å². The summed E-state index contributed by atoms with van der Waals surface area (Å²) in [5.74, 6) is 1.39. The van der Waals surface area contributed by atoms with E-state index in [-0.39, 0.29) is 25.0 Å². The molecule has 1 atom stereocenters. The first kappa shape index (κ1) is 32.1. The minimum Gasteiger partial charge on any atom is -0.384 e. The van der Waals surface area contributed by atoms with Crippen LogP contribution < -0.4 is 10.6 Å². The van der Waals surface area contributed by atoms with E-state index in [1.807, 2.05) is 54.4 Å². The standard InChI is InChI=1S/C37H39N9O3/c1-38-32-20-28(10-16-39-32)34-30-21-29(8-9-31(30)43-44-34)42-36(48)37(24-49-2)13-19-45(23-37)22-33(47)46-17-11-26(12-18-46)25-4-6-27(7-5-25)35-40-14-3-15-41-35/h3-11,14-16,20-21H,12-13,17-19,22-24H2,1-2H3,(H,38,39)(H,42,48)(H,43,44)/t37-/m1/s1. The van der Waals surface area contributed by atoms with E-state index in [0.717, 1.165) is 45.5 Å². The zero-order valence-electron chi connectivity index (χ0n) is 27.6. The van der Waals surface area contributed by atoms with E-state index >= 15 is 0 Å². The molecule has 1 fully saturated rings. The molecule has 3 N–H and O–H groups in total. The lowest BCUT2D eigenvalue weighted by atomic mass is 9.87. The molecule has 3 aromatic heterocycles. The number of ether oxygens (including phenoxy) is 1. The summed E-state index contributed by atoms with van der Waals surface area (Å²) in [5, 5.41) is 14.7. The molecule has 12 nitrogen and oxygen atoms in total. The van der Waals surface area contributed by atoms with Crippen LogP contribution in [0.2, 0.25) is 0 Å². The van der Waals surface area contributed by atoms with Gasteiger partial charge in [-0.25, -0.2) is 15.0 Å². The SMILES string of the molecule is CNc1cc(-c2n[nH]c3ccc(NC(=O)[C@]4(COC)CCN(CC(=O)N5CC=C(c6ccc(-c7ncccn7)cc6)CC5)C4)cc23)ccn1. The lowest BCUT2D eigenvalue weighted by Crippen LogP contribution is -2.45. The number of aromatic amines is 1. The topological polar surface area (TPSA) is 141 Å². The van der Waals surface area contributed by atoms with Crippen molar-refractivity contribution in [2.24, 2.45) is 5.41 Å². The Morgan fingerprint density at radius 3 is 2.53 bits per heavy atom. The average molecular weight is 658 g/mol. The molecule has 2 aliphatic rings. The Kier molecular flexibility index (Phi) is 9.14. The van der Waals surface area contributed by atoms with Crippen molar-refractivity contribution in [3.63, 3.8) is 0 Å². The Morgan fingerprint density at radius 1 is 0.959 bits per heavy atom. The number of nitrogens with one attached hydrogen (secondary N) is 3. The summed E-state index contributed by atoms with van der Waals surface area (Å²) in [4.78, 5) is 44.2. The van der Waals surface area contributed by atoms with Gasteiger partial charge in [0.1, 0.15) is 11.5 Å². The van der Waals surface area contributed by atoms with E-state index in [2.05, 4.69) is 58.9 Å². The highest BCUT2D eigenvalue weighted by Crippen LogP contribution is 2.34. The highest BCUT2D eigenvalue weighted by atomic mass is 16.5. The van der Waals surface area contributed by atoms with E-state index < -0.39 is 5.41 Å². The summed E-state index contributed by atoms with van der Waals surface area (Å²) in [6.07, 6.45) is 8.73. The van der Waals surface area contributed by atoms with Crippen molar-refractivity contribution in [2.45, 2.75) is 12.8 Å². The summed E-state index contributed by atoms with van der Waals surface area (Å²) in [5.41, 5.74) is 5.79. The number of anilines is 2. The summed E-state index contributed by atoms with van der Waals surface area (Å²) in [6.45, 7) is 2.81. The largest absolute Gasteiger partial charge is 0.384 e. The van der Waals surface area contributed by atoms with Crippen LogP contribution in [0.25, 0.3) is 39.1 Å². The molecule has 0 bridgehead atoms. The van der Waals surface area contributed by atoms with Crippen molar-refractivity contribution in [1.82, 2.24) is 34.9 Å². The summed E-state index contributed by atoms with van der Waals surface area (Å²) >= 11 is 0. The number of benzene rings is 2. The van der Waals surface area contributed by atoms with Crippen LogP contribution in [-0.4, -0.2) is 100 Å². The number of H-pyrrole nitrogens is 1. The summed E-state index contributed by atoms with van der Waals surface area (Å²) in [7, 11) is 3.44. The Labute approximate surface area is 284 Å². The van der Waals surface area contributed by atoms with Crippen molar-refractivity contribution in [3.8, 4) is 22.6 Å². The molecule has 0 unspecified atom stereocenters. The molecule has 2 aromatic carbocycles. The van der Waals surface area contributed by atoms with Gasteiger partial charge in [-0.2, -0.15) is 5.10 Å². The number of likely N-dealkylation sites (tertiary alicyclic amines) is 1. The maximum Gasteiger partial charge on any atom is 0.237 e. The molecule has 5 aromatic rings. The number of rotatable bonds is 10. The second-order valence-electron chi connectivity index (χ2n) is 12.6. The quantitative estimate of drug-likeness (QED) is 0.195. The molecule has 2 aliphatic heterocycles. The first-order valence-corrected chi connectivity index (χ1v) is 16.4. The minimum atomic E-state index is -0.776. The summed E-state index contributed by atoms with van der Waals surface area (Å²) < 4.78 is 5.58. The van der Waals surface area contributed by atoms with Crippen molar-refractivity contribution in [1.29, 1.82) is 0 Å². The molecular formula is C37H39N9O3. The third-order valence-corrected chi connectivity index (χ3v) is 9.45. The third kappa shape index (κ3) is 6.78. The fourth-order valence-electron chi connectivity index (χ4n) is 6.76. The molecule has 2 amide bonds. The molecule has 0 aliphatic carbocycles. The van der Waals surface area contributed by atoms with Crippen LogP contribution in [0.15, 0.2) is 85.3 Å². The molecule has 12 heteroatoms. The number of hydrogen-bond acceptors (Lipinski definition) is 9. The van der Waals surface area contributed by atoms with E-state index in [1.54, 1.807) is 31.8 Å². The average Bonchev–Trinajstić information content (AvgIpc) is 3.77. The van der Waals surface area contributed by atoms with Crippen LogP contribution in [0.3, 0.4) is 0 Å². The Balaban J connectivity index is 0.978. The molecule has 0 spiro atoms. The van der Waals surface area contributed by atoms with Crippen LogP contribution in [0.5, 0.6) is 0 Å². The molecule has 250 valence electrons. The van der Waals surface area contributed by atoms with Crippen molar-refractivity contribution >= 4 is 39.8 Å². The normalized spacial score (nSPS) is 18.0. The van der Waals surface area contributed by atoms with Gasteiger partial charge in [-0.05, 0) is 66.9 Å². The number of aromatic nitrogens is 5. The molecule has 1 saturated heterocycles. The number of nitrogens with zero attached hydrogens (tertiary/aromatic N) is 6. The van der Waals surface area contributed by atoms with E-state index in [1.165, 1.54) is 5.57 Å². The second-order valence-corrected chi connectivity index (χ2v) is 12.6. The Hall–Kier alpha value is -5.46. The molecule has 0 radical (unpaired) electrons. The number of fused-ring (bicyclic) bond motifs is 1. The monoisotopic (exact) mass is 657 g/mol. The van der Waals surface area contributed by atoms with Gasteiger partial charge in [0.15, 0.2) is 5.82 Å². The van der Waals surface area contributed by atoms with Crippen molar-refractivity contribution in [2.75, 3.05) is 64.1 Å². The van der Waals surface area contributed by atoms with E-state index in [4.69, 9.17) is 4.74 Å². The number of pyridine rings is 1. The number of carbonyl (C=O) groups excluding carboxylic acids is 2. The van der Waals surface area contributed by atoms with Gasteiger partial charge >= 0.3 is 0 Å². The fraction of sp³-hybridized carbons (Fsp3) is 0.297. The number of hydrogen-bond donors (Lipinski definition) is 3. The van der Waals surface area contributed by atoms with Gasteiger partial charge in [0, 0.05) is 74.6 Å². The number of amides is 2. The Bertz CT molecular complexity index is 1990. The molecular weight excluding hydrogens is 618 g/mol. The number of carbonyl (C=O) groups is 2. The lowest BCUT2D eigenvalue weighted by Gasteiger charge is -2.30. The maximum absolute atomic E-state index is 13.9. The molecule has 5 heterocycles. The zero-order valence-corrected chi connectivity index (χ0v) is 27.6. The van der Waals surface area contributed by atoms with Crippen molar-refractivity contribution < 1.29 is 14.3 Å². The van der Waals surface area contributed by atoms with E-state index in [0.29, 0.717) is 44.1 Å². The Morgan fingerprint density at radius 2 is 1.78 bits per heavy atom. The van der Waals surface area contributed by atoms with Crippen molar-refractivity contribution in [3.05, 3.63) is 90.9 Å². The first-order valence-electron chi connectivity index (χ1n) is 16.4. The highest BCUT2D eigenvalue weighted by Gasteiger charge is 2.45. The van der Waals surface area contributed by atoms with Crippen LogP contribution in [0.4, 0.5) is 11.5 Å². The third-order valence-electron chi connectivity index (χ3n) is 9.45. The van der Waals surface area contributed by atoms with Gasteiger partial charge in [-0.1, -0.05) is 30.3 Å². The van der Waals surface area contributed by atoms with Gasteiger partial charge in [-0.15, -0.1) is 0 Å². The first-order chi connectivity index (χ1) is 23.9.